The molecular weight excluding hydrogens is 187 g/mol. The van der Waals surface area contributed by atoms with Crippen molar-refractivity contribution in [2.75, 3.05) is 0 Å². The molecule has 0 saturated carbocycles. The molecule has 3 aromatic rings. The summed E-state index contributed by atoms with van der Waals surface area (Å²) in [6, 6.07) is 17.9. The van der Waals surface area contributed by atoms with Gasteiger partial charge < -0.3 is 0 Å². The van der Waals surface area contributed by atoms with Crippen LogP contribution in [0.15, 0.2) is 48.5 Å². The van der Waals surface area contributed by atoms with Crippen LogP contribution in [0.5, 0.6) is 0 Å². The first kappa shape index (κ1) is 8.42. The van der Waals surface area contributed by atoms with E-state index < -0.39 is 0 Å². The minimum Gasteiger partial charge on any atom is -0.207 e. The molecule has 3 rings (SSSR count). The normalized spacial score (nSPS) is 11.0. The second-order valence-corrected chi connectivity index (χ2v) is 3.57. The maximum atomic E-state index is 13.0. The van der Waals surface area contributed by atoms with Crippen LogP contribution in [0.3, 0.4) is 0 Å². The Hall–Kier alpha value is -1.89. The van der Waals surface area contributed by atoms with Gasteiger partial charge in [0.1, 0.15) is 5.82 Å². The predicted octanol–water partition coefficient (Wildman–Crippen LogP) is 3.93. The highest BCUT2D eigenvalue weighted by molar-refractivity contribution is 6.06. The van der Waals surface area contributed by atoms with E-state index in [2.05, 4.69) is 6.07 Å². The SMILES string of the molecule is Fc1ccc2c(c[c]c3ccccc32)c1. The number of rotatable bonds is 0. The molecule has 0 spiro atoms. The minimum absolute atomic E-state index is 0.203. The van der Waals surface area contributed by atoms with E-state index in [0.717, 1.165) is 21.5 Å². The summed E-state index contributed by atoms with van der Waals surface area (Å²) in [5.41, 5.74) is 0. The Morgan fingerprint density at radius 3 is 2.73 bits per heavy atom. The maximum Gasteiger partial charge on any atom is 0.123 e. The highest BCUT2D eigenvalue weighted by Crippen LogP contribution is 2.25. The van der Waals surface area contributed by atoms with Crippen molar-refractivity contribution in [2.24, 2.45) is 0 Å². The van der Waals surface area contributed by atoms with Gasteiger partial charge >= 0.3 is 0 Å². The van der Waals surface area contributed by atoms with Gasteiger partial charge in [0.25, 0.3) is 0 Å². The third-order valence-corrected chi connectivity index (χ3v) is 2.61. The fourth-order valence-corrected chi connectivity index (χ4v) is 1.90. The summed E-state index contributed by atoms with van der Waals surface area (Å²) in [6.45, 7) is 0. The zero-order chi connectivity index (χ0) is 10.3. The molecule has 0 aliphatic carbocycles. The summed E-state index contributed by atoms with van der Waals surface area (Å²) in [5, 5.41) is 4.16. The van der Waals surface area contributed by atoms with Crippen molar-refractivity contribution < 1.29 is 4.39 Å². The van der Waals surface area contributed by atoms with Crippen LogP contribution in [0.2, 0.25) is 0 Å². The quantitative estimate of drug-likeness (QED) is 0.477. The summed E-state index contributed by atoms with van der Waals surface area (Å²) in [7, 11) is 0. The average Bonchev–Trinajstić information content (AvgIpc) is 2.28. The molecule has 0 saturated heterocycles. The minimum atomic E-state index is -0.203. The van der Waals surface area contributed by atoms with Crippen LogP contribution in [0.25, 0.3) is 21.5 Å². The fraction of sp³-hybridized carbons (Fsp3) is 0. The summed E-state index contributed by atoms with van der Waals surface area (Å²) >= 11 is 0. The third-order valence-electron chi connectivity index (χ3n) is 2.61. The standard InChI is InChI=1S/C14H8F/c15-12-7-8-14-11(9-12)6-5-10-3-1-2-4-13(10)14/h1-4,6-9H. The number of benzene rings is 3. The number of hydrogen-bond donors (Lipinski definition) is 0. The van der Waals surface area contributed by atoms with Crippen LogP contribution in [0.1, 0.15) is 0 Å². The molecule has 0 atom stereocenters. The number of hydrogen-bond acceptors (Lipinski definition) is 0. The van der Waals surface area contributed by atoms with Gasteiger partial charge in [-0.2, -0.15) is 0 Å². The van der Waals surface area contributed by atoms with Crippen molar-refractivity contribution in [3.8, 4) is 0 Å². The molecule has 0 fully saturated rings. The monoisotopic (exact) mass is 195 g/mol. The Bertz CT molecular complexity index is 641. The summed E-state index contributed by atoms with van der Waals surface area (Å²) < 4.78 is 13.0. The van der Waals surface area contributed by atoms with Crippen LogP contribution >= 0.6 is 0 Å². The Morgan fingerprint density at radius 2 is 1.80 bits per heavy atom. The van der Waals surface area contributed by atoms with Crippen molar-refractivity contribution in [1.29, 1.82) is 0 Å². The zero-order valence-corrected chi connectivity index (χ0v) is 8.00. The molecule has 0 aliphatic rings. The summed E-state index contributed by atoms with van der Waals surface area (Å²) in [6.07, 6.45) is 0. The highest BCUT2D eigenvalue weighted by atomic mass is 19.1. The molecule has 0 aliphatic heterocycles. The van der Waals surface area contributed by atoms with Gasteiger partial charge in [-0.3, -0.25) is 0 Å². The molecule has 0 nitrogen and oxygen atoms in total. The molecule has 0 aromatic heterocycles. The van der Waals surface area contributed by atoms with Gasteiger partial charge in [0, 0.05) is 0 Å². The van der Waals surface area contributed by atoms with Crippen LogP contribution < -0.4 is 0 Å². The van der Waals surface area contributed by atoms with E-state index in [1.165, 1.54) is 12.1 Å². The molecule has 71 valence electrons. The molecule has 0 unspecified atom stereocenters. The van der Waals surface area contributed by atoms with E-state index >= 15 is 0 Å². The molecule has 0 bridgehead atoms. The van der Waals surface area contributed by atoms with Crippen molar-refractivity contribution in [1.82, 2.24) is 0 Å². The van der Waals surface area contributed by atoms with Crippen LogP contribution in [-0.2, 0) is 0 Å². The van der Waals surface area contributed by atoms with E-state index in [1.54, 1.807) is 0 Å². The molecule has 1 heteroatoms. The topological polar surface area (TPSA) is 0 Å². The lowest BCUT2D eigenvalue weighted by molar-refractivity contribution is 0.630. The first-order valence-corrected chi connectivity index (χ1v) is 4.83. The Morgan fingerprint density at radius 1 is 0.933 bits per heavy atom. The van der Waals surface area contributed by atoms with Gasteiger partial charge in [-0.1, -0.05) is 30.3 Å². The first-order chi connectivity index (χ1) is 7.34. The molecule has 3 aromatic carbocycles. The first-order valence-electron chi connectivity index (χ1n) is 4.83. The van der Waals surface area contributed by atoms with E-state index in [0.29, 0.717) is 0 Å². The van der Waals surface area contributed by atoms with Crippen molar-refractivity contribution in [2.45, 2.75) is 0 Å². The number of halogens is 1. The van der Waals surface area contributed by atoms with E-state index in [9.17, 15) is 4.39 Å². The van der Waals surface area contributed by atoms with Gasteiger partial charge in [0.05, 0.1) is 0 Å². The Kier molecular flexibility index (Phi) is 1.72. The van der Waals surface area contributed by atoms with Crippen LogP contribution in [-0.4, -0.2) is 0 Å². The van der Waals surface area contributed by atoms with Crippen molar-refractivity contribution >= 4 is 21.5 Å². The fourth-order valence-electron chi connectivity index (χ4n) is 1.90. The van der Waals surface area contributed by atoms with Crippen LogP contribution in [0.4, 0.5) is 4.39 Å². The Labute approximate surface area is 87.0 Å². The van der Waals surface area contributed by atoms with Crippen LogP contribution in [0, 0.1) is 11.9 Å². The summed E-state index contributed by atoms with van der Waals surface area (Å²) in [5.74, 6) is -0.203. The molecular formula is C14H8F. The second-order valence-electron chi connectivity index (χ2n) is 3.57. The highest BCUT2D eigenvalue weighted by Gasteiger charge is 2.00. The average molecular weight is 195 g/mol. The lowest BCUT2D eigenvalue weighted by Crippen LogP contribution is -1.79. The maximum absolute atomic E-state index is 13.0. The van der Waals surface area contributed by atoms with Gasteiger partial charge in [0.2, 0.25) is 0 Å². The third kappa shape index (κ3) is 1.28. The van der Waals surface area contributed by atoms with Gasteiger partial charge in [-0.05, 0) is 45.8 Å². The second kappa shape index (κ2) is 3.06. The smallest absolute Gasteiger partial charge is 0.123 e. The number of fused-ring (bicyclic) bond motifs is 3. The predicted molar refractivity (Wildman–Crippen MR) is 60.2 cm³/mol. The lowest BCUT2D eigenvalue weighted by atomic mass is 10.0. The van der Waals surface area contributed by atoms with Gasteiger partial charge in [-0.25, -0.2) is 4.39 Å². The lowest BCUT2D eigenvalue weighted by Gasteiger charge is -2.02. The van der Waals surface area contributed by atoms with Crippen molar-refractivity contribution in [3.63, 3.8) is 0 Å². The van der Waals surface area contributed by atoms with Gasteiger partial charge in [-0.15, -0.1) is 0 Å². The molecule has 0 N–H and O–H groups in total. The largest absolute Gasteiger partial charge is 0.207 e. The van der Waals surface area contributed by atoms with E-state index in [-0.39, 0.29) is 5.82 Å². The Balaban J connectivity index is 2.55. The van der Waals surface area contributed by atoms with E-state index in [4.69, 9.17) is 0 Å². The van der Waals surface area contributed by atoms with E-state index in [1.807, 2.05) is 36.4 Å². The van der Waals surface area contributed by atoms with Crippen molar-refractivity contribution in [3.05, 3.63) is 60.4 Å². The summed E-state index contributed by atoms with van der Waals surface area (Å²) in [4.78, 5) is 0. The molecule has 15 heavy (non-hydrogen) atoms. The zero-order valence-electron chi connectivity index (χ0n) is 8.00. The molecule has 0 amide bonds. The molecule has 0 heterocycles. The van der Waals surface area contributed by atoms with Gasteiger partial charge in [0.15, 0.2) is 0 Å². The molecule has 1 radical (unpaired) electrons.